The zero-order valence-corrected chi connectivity index (χ0v) is 11.2. The van der Waals surface area contributed by atoms with Crippen LogP contribution in [0.2, 0.25) is 0 Å². The van der Waals surface area contributed by atoms with Gasteiger partial charge in [-0.15, -0.1) is 5.10 Å². The predicted octanol–water partition coefficient (Wildman–Crippen LogP) is 2.57. The molecule has 8 heteroatoms. The lowest BCUT2D eigenvalue weighted by Gasteiger charge is -2.13. The molecule has 0 aliphatic carbocycles. The van der Waals surface area contributed by atoms with Crippen molar-refractivity contribution < 1.29 is 17.6 Å². The maximum Gasteiger partial charge on any atom is 0.391 e. The smallest absolute Gasteiger partial charge is 0.391 e. The zero-order chi connectivity index (χ0) is 14.5. The summed E-state index contributed by atoms with van der Waals surface area (Å²) in [6.45, 7) is 6.74. The van der Waals surface area contributed by atoms with Crippen LogP contribution in [0.15, 0.2) is 4.42 Å². The lowest BCUT2D eigenvalue weighted by molar-refractivity contribution is -0.136. The predicted molar refractivity (Wildman–Crippen MR) is 64.6 cm³/mol. The fourth-order valence-corrected chi connectivity index (χ4v) is 1.46. The summed E-state index contributed by atoms with van der Waals surface area (Å²) in [6.07, 6.45) is -5.16. The molecule has 1 aromatic heterocycles. The fraction of sp³-hybridized carbons (Fsp3) is 0.818. The van der Waals surface area contributed by atoms with Gasteiger partial charge in [-0.3, -0.25) is 0 Å². The topological polar surface area (TPSA) is 63.0 Å². The first-order valence-corrected chi connectivity index (χ1v) is 6.12. The molecule has 110 valence electrons. The number of nitrogens with one attached hydrogen (secondary N) is 2. The van der Waals surface area contributed by atoms with Crippen molar-refractivity contribution in [1.82, 2.24) is 15.5 Å². The molecule has 0 bridgehead atoms. The van der Waals surface area contributed by atoms with Crippen LogP contribution in [0.1, 0.15) is 33.1 Å². The van der Waals surface area contributed by atoms with Gasteiger partial charge in [0, 0.05) is 6.04 Å². The van der Waals surface area contributed by atoms with E-state index < -0.39 is 18.6 Å². The molecule has 0 radical (unpaired) electrons. The van der Waals surface area contributed by atoms with Crippen molar-refractivity contribution in [2.24, 2.45) is 5.92 Å². The molecule has 1 aromatic rings. The number of halogens is 3. The molecule has 2 N–H and O–H groups in total. The summed E-state index contributed by atoms with van der Waals surface area (Å²) in [6, 6.07) is -0.796. The van der Waals surface area contributed by atoms with Crippen molar-refractivity contribution >= 4 is 6.01 Å². The van der Waals surface area contributed by atoms with E-state index in [1.807, 2.05) is 0 Å². The van der Waals surface area contributed by atoms with Gasteiger partial charge in [0.05, 0.1) is 13.0 Å². The highest BCUT2D eigenvalue weighted by atomic mass is 19.4. The third kappa shape index (κ3) is 7.00. The van der Waals surface area contributed by atoms with Gasteiger partial charge < -0.3 is 15.1 Å². The van der Waals surface area contributed by atoms with Gasteiger partial charge in [0.15, 0.2) is 0 Å². The quantitative estimate of drug-likeness (QED) is 0.803. The number of rotatable bonds is 7. The highest BCUT2D eigenvalue weighted by Crippen LogP contribution is 2.22. The third-order valence-corrected chi connectivity index (χ3v) is 2.20. The first-order chi connectivity index (χ1) is 8.76. The van der Waals surface area contributed by atoms with E-state index in [9.17, 15) is 13.2 Å². The SMILES string of the molecule is CC(C)CNCc1nnc(NC(C)CC(F)(F)F)o1. The molecule has 1 rings (SSSR count). The lowest BCUT2D eigenvalue weighted by Crippen LogP contribution is -2.24. The van der Waals surface area contributed by atoms with Gasteiger partial charge in [-0.25, -0.2) is 0 Å². The van der Waals surface area contributed by atoms with Crippen LogP contribution in [-0.2, 0) is 6.54 Å². The molecule has 0 fully saturated rings. The van der Waals surface area contributed by atoms with E-state index in [4.69, 9.17) is 4.42 Å². The Morgan fingerprint density at radius 2 is 1.89 bits per heavy atom. The van der Waals surface area contributed by atoms with Crippen LogP contribution in [0.25, 0.3) is 0 Å². The van der Waals surface area contributed by atoms with Gasteiger partial charge in [0.25, 0.3) is 0 Å². The third-order valence-electron chi connectivity index (χ3n) is 2.20. The molecule has 1 atom stereocenters. The van der Waals surface area contributed by atoms with E-state index in [0.29, 0.717) is 18.4 Å². The number of anilines is 1. The summed E-state index contributed by atoms with van der Waals surface area (Å²) < 4.78 is 41.6. The van der Waals surface area contributed by atoms with Gasteiger partial charge in [-0.05, 0) is 19.4 Å². The molecule has 0 aliphatic rings. The Bertz CT molecular complexity index is 378. The number of hydrogen-bond donors (Lipinski definition) is 2. The maximum absolute atomic E-state index is 12.1. The average molecular weight is 280 g/mol. The first-order valence-electron chi connectivity index (χ1n) is 6.12. The molecular formula is C11H19F3N4O. The molecule has 1 unspecified atom stereocenters. The van der Waals surface area contributed by atoms with Crippen molar-refractivity contribution in [2.75, 3.05) is 11.9 Å². The second-order valence-electron chi connectivity index (χ2n) is 4.89. The van der Waals surface area contributed by atoms with Crippen LogP contribution in [0, 0.1) is 5.92 Å². The Balaban J connectivity index is 2.38. The van der Waals surface area contributed by atoms with Gasteiger partial charge in [-0.2, -0.15) is 13.2 Å². The second kappa shape index (κ2) is 6.74. The minimum absolute atomic E-state index is 0.0121. The van der Waals surface area contributed by atoms with Crippen molar-refractivity contribution in [1.29, 1.82) is 0 Å². The minimum Gasteiger partial charge on any atom is -0.407 e. The van der Waals surface area contributed by atoms with Crippen LogP contribution in [0.3, 0.4) is 0 Å². The Hall–Kier alpha value is -1.31. The Morgan fingerprint density at radius 3 is 2.47 bits per heavy atom. The van der Waals surface area contributed by atoms with Crippen molar-refractivity contribution in [3.8, 4) is 0 Å². The van der Waals surface area contributed by atoms with E-state index in [2.05, 4.69) is 34.7 Å². The first kappa shape index (κ1) is 15.7. The molecule has 0 aromatic carbocycles. The Morgan fingerprint density at radius 1 is 1.21 bits per heavy atom. The normalized spacial score (nSPS) is 13.8. The van der Waals surface area contributed by atoms with E-state index in [1.54, 1.807) is 0 Å². The summed E-state index contributed by atoms with van der Waals surface area (Å²) in [7, 11) is 0. The largest absolute Gasteiger partial charge is 0.407 e. The van der Waals surface area contributed by atoms with E-state index in [1.165, 1.54) is 6.92 Å². The van der Waals surface area contributed by atoms with Crippen LogP contribution in [0.5, 0.6) is 0 Å². The van der Waals surface area contributed by atoms with Crippen LogP contribution < -0.4 is 10.6 Å². The van der Waals surface area contributed by atoms with Crippen LogP contribution in [0.4, 0.5) is 19.2 Å². The van der Waals surface area contributed by atoms with E-state index in [0.717, 1.165) is 6.54 Å². The molecular weight excluding hydrogens is 261 g/mol. The number of alkyl halides is 3. The average Bonchev–Trinajstić information content (AvgIpc) is 2.61. The maximum atomic E-state index is 12.1. The lowest BCUT2D eigenvalue weighted by atomic mass is 10.2. The van der Waals surface area contributed by atoms with E-state index >= 15 is 0 Å². The number of nitrogens with zero attached hydrogens (tertiary/aromatic N) is 2. The number of aromatic nitrogens is 2. The second-order valence-corrected chi connectivity index (χ2v) is 4.89. The van der Waals surface area contributed by atoms with Gasteiger partial charge in [0.1, 0.15) is 0 Å². The highest BCUT2D eigenvalue weighted by Gasteiger charge is 2.30. The van der Waals surface area contributed by atoms with Crippen LogP contribution >= 0.6 is 0 Å². The molecule has 19 heavy (non-hydrogen) atoms. The molecule has 0 saturated carbocycles. The molecule has 0 amide bonds. The zero-order valence-electron chi connectivity index (χ0n) is 11.2. The number of hydrogen-bond acceptors (Lipinski definition) is 5. The molecule has 5 nitrogen and oxygen atoms in total. The highest BCUT2D eigenvalue weighted by molar-refractivity contribution is 5.18. The Labute approximate surface area is 110 Å². The minimum atomic E-state index is -4.21. The molecule has 0 spiro atoms. The fourth-order valence-electron chi connectivity index (χ4n) is 1.46. The van der Waals surface area contributed by atoms with Gasteiger partial charge >= 0.3 is 12.2 Å². The van der Waals surface area contributed by atoms with Crippen molar-refractivity contribution in [3.05, 3.63) is 5.89 Å². The van der Waals surface area contributed by atoms with Crippen molar-refractivity contribution in [3.63, 3.8) is 0 Å². The Kier molecular flexibility index (Phi) is 5.59. The summed E-state index contributed by atoms with van der Waals surface area (Å²) >= 11 is 0. The standard InChI is InChI=1S/C11H19F3N4O/c1-7(2)5-15-6-9-17-18-10(19-9)16-8(3)4-11(12,13)14/h7-8,15H,4-6H2,1-3H3,(H,16,18). The van der Waals surface area contributed by atoms with Crippen LogP contribution in [-0.4, -0.2) is 29.0 Å². The summed E-state index contributed by atoms with van der Waals surface area (Å²) in [5.74, 6) is 0.842. The summed E-state index contributed by atoms with van der Waals surface area (Å²) in [5.41, 5.74) is 0. The summed E-state index contributed by atoms with van der Waals surface area (Å²) in [5, 5.41) is 13.0. The molecule has 1 heterocycles. The summed E-state index contributed by atoms with van der Waals surface area (Å²) in [4.78, 5) is 0. The van der Waals surface area contributed by atoms with Gasteiger partial charge in [0.2, 0.25) is 5.89 Å². The van der Waals surface area contributed by atoms with E-state index in [-0.39, 0.29) is 6.01 Å². The monoisotopic (exact) mass is 280 g/mol. The van der Waals surface area contributed by atoms with Crippen molar-refractivity contribution in [2.45, 2.75) is 46.0 Å². The molecule has 0 saturated heterocycles. The van der Waals surface area contributed by atoms with Gasteiger partial charge in [-0.1, -0.05) is 18.9 Å². The molecule has 0 aliphatic heterocycles.